The molecule has 0 amide bonds. The molecule has 15 heavy (non-hydrogen) atoms. The van der Waals surface area contributed by atoms with Gasteiger partial charge >= 0.3 is 0 Å². The van der Waals surface area contributed by atoms with Crippen LogP contribution in [0.15, 0.2) is 11.6 Å². The Balaban J connectivity index is 2.37. The number of hydrogen-bond acceptors (Lipinski definition) is 3. The Morgan fingerprint density at radius 1 is 1.60 bits per heavy atom. The van der Waals surface area contributed by atoms with Gasteiger partial charge in [0.15, 0.2) is 0 Å². The third-order valence-corrected chi connectivity index (χ3v) is 3.97. The Kier molecular flexibility index (Phi) is 5.05. The van der Waals surface area contributed by atoms with Crippen molar-refractivity contribution in [2.45, 2.75) is 12.8 Å². The van der Waals surface area contributed by atoms with Crippen molar-refractivity contribution in [2.24, 2.45) is 5.92 Å². The Labute approximate surface area is 96.1 Å². The Morgan fingerprint density at radius 2 is 2.33 bits per heavy atom. The van der Waals surface area contributed by atoms with Crippen LogP contribution >= 0.6 is 11.6 Å². The molecule has 0 radical (unpaired) electrons. The van der Waals surface area contributed by atoms with Gasteiger partial charge in [0.2, 0.25) is 10.0 Å². The van der Waals surface area contributed by atoms with Crippen LogP contribution in [0.4, 0.5) is 0 Å². The molecule has 1 unspecified atom stereocenters. The first-order valence-corrected chi connectivity index (χ1v) is 7.04. The standard InChI is InChI=1S/C9H17ClN2O2S/c1-8(10)5-12-15(13,14)7-9-3-2-4-11-6-9/h9,11-12H,1-7H2. The predicted molar refractivity (Wildman–Crippen MR) is 62.4 cm³/mol. The maximum absolute atomic E-state index is 11.6. The molecule has 1 aliphatic heterocycles. The summed E-state index contributed by atoms with van der Waals surface area (Å²) in [5.41, 5.74) is 0. The highest BCUT2D eigenvalue weighted by atomic mass is 35.5. The fourth-order valence-corrected chi connectivity index (χ4v) is 3.19. The van der Waals surface area contributed by atoms with Crippen LogP contribution in [0.1, 0.15) is 12.8 Å². The zero-order chi connectivity index (χ0) is 11.3. The molecule has 1 aliphatic rings. The molecule has 0 aliphatic carbocycles. The zero-order valence-corrected chi connectivity index (χ0v) is 10.2. The summed E-state index contributed by atoms with van der Waals surface area (Å²) in [6.45, 7) is 5.32. The third kappa shape index (κ3) is 5.51. The van der Waals surface area contributed by atoms with Crippen molar-refractivity contribution in [3.63, 3.8) is 0 Å². The lowest BCUT2D eigenvalue weighted by Gasteiger charge is -2.22. The molecule has 2 N–H and O–H groups in total. The molecule has 6 heteroatoms. The van der Waals surface area contributed by atoms with Crippen molar-refractivity contribution < 1.29 is 8.42 Å². The van der Waals surface area contributed by atoms with Crippen LogP contribution in [0.5, 0.6) is 0 Å². The third-order valence-electron chi connectivity index (χ3n) is 2.34. The number of nitrogens with one attached hydrogen (secondary N) is 2. The summed E-state index contributed by atoms with van der Waals surface area (Å²) >= 11 is 5.49. The first-order valence-electron chi connectivity index (χ1n) is 5.01. The van der Waals surface area contributed by atoms with Crippen molar-refractivity contribution in [3.05, 3.63) is 11.6 Å². The van der Waals surface area contributed by atoms with Gasteiger partial charge in [-0.2, -0.15) is 0 Å². The smallest absolute Gasteiger partial charge is 0.212 e. The van der Waals surface area contributed by atoms with Gasteiger partial charge in [0.1, 0.15) is 0 Å². The van der Waals surface area contributed by atoms with Crippen molar-refractivity contribution in [2.75, 3.05) is 25.4 Å². The molecule has 88 valence electrons. The Morgan fingerprint density at radius 3 is 2.87 bits per heavy atom. The highest BCUT2D eigenvalue weighted by Gasteiger charge is 2.20. The molecule has 1 heterocycles. The van der Waals surface area contributed by atoms with Gasteiger partial charge in [-0.1, -0.05) is 18.2 Å². The first kappa shape index (κ1) is 13.0. The van der Waals surface area contributed by atoms with Gasteiger partial charge in [0.25, 0.3) is 0 Å². The largest absolute Gasteiger partial charge is 0.316 e. The van der Waals surface area contributed by atoms with Crippen LogP contribution in [0.2, 0.25) is 0 Å². The van der Waals surface area contributed by atoms with Gasteiger partial charge < -0.3 is 5.32 Å². The van der Waals surface area contributed by atoms with E-state index in [1.807, 2.05) is 0 Å². The van der Waals surface area contributed by atoms with Gasteiger partial charge in [-0.25, -0.2) is 13.1 Å². The van der Waals surface area contributed by atoms with Gasteiger partial charge in [0.05, 0.1) is 5.75 Å². The topological polar surface area (TPSA) is 58.2 Å². The Hall–Kier alpha value is -0.100. The van der Waals surface area contributed by atoms with E-state index < -0.39 is 10.0 Å². The lowest BCUT2D eigenvalue weighted by molar-refractivity contribution is 0.403. The summed E-state index contributed by atoms with van der Waals surface area (Å²) < 4.78 is 25.5. The highest BCUT2D eigenvalue weighted by Crippen LogP contribution is 2.11. The van der Waals surface area contributed by atoms with Crippen LogP contribution < -0.4 is 10.0 Å². The van der Waals surface area contributed by atoms with E-state index in [0.29, 0.717) is 5.03 Å². The lowest BCUT2D eigenvalue weighted by Crippen LogP contribution is -2.37. The van der Waals surface area contributed by atoms with E-state index in [0.717, 1.165) is 25.9 Å². The van der Waals surface area contributed by atoms with Gasteiger partial charge in [-0.15, -0.1) is 0 Å². The maximum atomic E-state index is 11.6. The van der Waals surface area contributed by atoms with Crippen molar-refractivity contribution >= 4 is 21.6 Å². The second kappa shape index (κ2) is 5.84. The number of rotatable bonds is 5. The zero-order valence-electron chi connectivity index (χ0n) is 8.63. The quantitative estimate of drug-likeness (QED) is 0.756. The van der Waals surface area contributed by atoms with E-state index in [1.165, 1.54) is 0 Å². The molecule has 4 nitrogen and oxygen atoms in total. The van der Waals surface area contributed by atoms with E-state index >= 15 is 0 Å². The highest BCUT2D eigenvalue weighted by molar-refractivity contribution is 7.89. The average Bonchev–Trinajstić information content (AvgIpc) is 2.16. The molecule has 1 fully saturated rings. The van der Waals surface area contributed by atoms with E-state index in [1.54, 1.807) is 0 Å². The fourth-order valence-electron chi connectivity index (χ4n) is 1.62. The summed E-state index contributed by atoms with van der Waals surface area (Å²) in [7, 11) is -3.21. The van der Waals surface area contributed by atoms with E-state index in [9.17, 15) is 8.42 Å². The lowest BCUT2D eigenvalue weighted by atomic mass is 10.0. The van der Waals surface area contributed by atoms with Gasteiger partial charge in [0, 0.05) is 11.6 Å². The molecular formula is C9H17ClN2O2S. The molecule has 0 bridgehead atoms. The summed E-state index contributed by atoms with van der Waals surface area (Å²) in [5.74, 6) is 0.379. The van der Waals surface area contributed by atoms with Crippen molar-refractivity contribution in [3.8, 4) is 0 Å². The number of halogens is 1. The summed E-state index contributed by atoms with van der Waals surface area (Å²) in [4.78, 5) is 0. The van der Waals surface area contributed by atoms with Crippen LogP contribution in [0.3, 0.4) is 0 Å². The number of sulfonamides is 1. The van der Waals surface area contributed by atoms with Crippen LogP contribution in [-0.4, -0.2) is 33.8 Å². The first-order chi connectivity index (χ1) is 6.99. The predicted octanol–water partition coefficient (Wildman–Crippen LogP) is 0.658. The second-order valence-electron chi connectivity index (χ2n) is 3.83. The fraction of sp³-hybridized carbons (Fsp3) is 0.778. The molecule has 0 aromatic carbocycles. The van der Waals surface area contributed by atoms with E-state index in [-0.39, 0.29) is 18.2 Å². The number of hydrogen-bond donors (Lipinski definition) is 2. The SMILES string of the molecule is C=C(Cl)CNS(=O)(=O)CC1CCCNC1. The Bertz CT molecular complexity index is 310. The normalized spacial score (nSPS) is 22.6. The van der Waals surface area contributed by atoms with Crippen LogP contribution in [0.25, 0.3) is 0 Å². The summed E-state index contributed by atoms with van der Waals surface area (Å²) in [5, 5.41) is 3.49. The minimum atomic E-state index is -3.21. The summed E-state index contributed by atoms with van der Waals surface area (Å²) in [6, 6.07) is 0. The van der Waals surface area contributed by atoms with Gasteiger partial charge in [-0.05, 0) is 31.8 Å². The van der Waals surface area contributed by atoms with Crippen LogP contribution in [-0.2, 0) is 10.0 Å². The van der Waals surface area contributed by atoms with Gasteiger partial charge in [-0.3, -0.25) is 0 Å². The van der Waals surface area contributed by atoms with Crippen molar-refractivity contribution in [1.29, 1.82) is 0 Å². The molecule has 0 saturated carbocycles. The molecule has 0 aromatic heterocycles. The average molecular weight is 253 g/mol. The van der Waals surface area contributed by atoms with E-state index in [2.05, 4.69) is 16.6 Å². The number of piperidine rings is 1. The summed E-state index contributed by atoms with van der Waals surface area (Å²) in [6.07, 6.45) is 2.01. The molecule has 1 rings (SSSR count). The maximum Gasteiger partial charge on any atom is 0.212 e. The molecule has 0 spiro atoms. The minimum Gasteiger partial charge on any atom is -0.316 e. The second-order valence-corrected chi connectivity index (χ2v) is 6.22. The molecule has 0 aromatic rings. The molecule has 1 saturated heterocycles. The minimum absolute atomic E-state index is 0.115. The van der Waals surface area contributed by atoms with E-state index in [4.69, 9.17) is 11.6 Å². The monoisotopic (exact) mass is 252 g/mol. The molecular weight excluding hydrogens is 236 g/mol. The van der Waals surface area contributed by atoms with Crippen molar-refractivity contribution in [1.82, 2.24) is 10.0 Å². The molecule has 1 atom stereocenters. The van der Waals surface area contributed by atoms with Crippen LogP contribution in [0, 0.1) is 5.92 Å².